The van der Waals surface area contributed by atoms with Crippen molar-refractivity contribution < 1.29 is 14.3 Å². The molecular weight excluding hydrogens is 420 g/mol. The van der Waals surface area contributed by atoms with Gasteiger partial charge in [0, 0.05) is 44.8 Å². The van der Waals surface area contributed by atoms with Gasteiger partial charge in [-0.15, -0.1) is 10.2 Å². The summed E-state index contributed by atoms with van der Waals surface area (Å²) in [6.07, 6.45) is 1.85. The van der Waals surface area contributed by atoms with E-state index >= 15 is 0 Å². The number of carbonyl (C=O) groups excluding carboxylic acids is 2. The minimum absolute atomic E-state index is 0.0172. The highest BCUT2D eigenvalue weighted by molar-refractivity contribution is 5.84. The van der Waals surface area contributed by atoms with Gasteiger partial charge in [-0.25, -0.2) is 4.79 Å². The van der Waals surface area contributed by atoms with E-state index in [4.69, 9.17) is 4.74 Å². The van der Waals surface area contributed by atoms with E-state index in [0.717, 1.165) is 35.7 Å². The fourth-order valence-corrected chi connectivity index (χ4v) is 3.74. The van der Waals surface area contributed by atoms with Gasteiger partial charge in [-0.05, 0) is 37.6 Å². The van der Waals surface area contributed by atoms with Crippen molar-refractivity contribution in [2.75, 3.05) is 57.8 Å². The minimum atomic E-state index is -0.177. The Morgan fingerprint density at radius 3 is 2.52 bits per heavy atom. The predicted molar refractivity (Wildman–Crippen MR) is 128 cm³/mol. The Morgan fingerprint density at radius 2 is 1.88 bits per heavy atom. The summed E-state index contributed by atoms with van der Waals surface area (Å²) >= 11 is 0. The van der Waals surface area contributed by atoms with Gasteiger partial charge in [-0.3, -0.25) is 4.79 Å². The number of hydrogen-bond donors (Lipinski definition) is 1. The first-order chi connectivity index (χ1) is 16.0. The molecule has 0 radical (unpaired) electrons. The number of nitrogens with one attached hydrogen (secondary N) is 1. The highest BCUT2D eigenvalue weighted by Crippen LogP contribution is 2.23. The zero-order valence-corrected chi connectivity index (χ0v) is 19.8. The first kappa shape index (κ1) is 24.3. The van der Waals surface area contributed by atoms with E-state index in [1.807, 2.05) is 48.2 Å². The van der Waals surface area contributed by atoms with Crippen LogP contribution < -0.4 is 15.0 Å². The number of aromatic nitrogens is 2. The molecule has 2 aromatic rings. The molecule has 1 aromatic carbocycles. The third kappa shape index (κ3) is 6.57. The summed E-state index contributed by atoms with van der Waals surface area (Å²) in [5, 5.41) is 11.6. The van der Waals surface area contributed by atoms with Crippen LogP contribution in [0.2, 0.25) is 0 Å². The summed E-state index contributed by atoms with van der Waals surface area (Å²) in [4.78, 5) is 30.7. The molecule has 3 rings (SSSR count). The predicted octanol–water partition coefficient (Wildman–Crippen LogP) is 2.63. The number of carbonyl (C=O) groups is 2. The fraction of sp³-hybridized carbons (Fsp3) is 0.500. The van der Waals surface area contributed by atoms with E-state index < -0.39 is 0 Å². The van der Waals surface area contributed by atoms with Crippen LogP contribution in [0.5, 0.6) is 5.75 Å². The zero-order chi connectivity index (χ0) is 23.6. The Bertz CT molecular complexity index is 913. The molecule has 9 nitrogen and oxygen atoms in total. The summed E-state index contributed by atoms with van der Waals surface area (Å²) in [5.41, 5.74) is 1.73. The number of rotatable bonds is 9. The molecule has 178 valence electrons. The van der Waals surface area contributed by atoms with Crippen LogP contribution in [0.1, 0.15) is 26.7 Å². The Morgan fingerprint density at radius 1 is 1.09 bits per heavy atom. The number of piperazine rings is 1. The maximum absolute atomic E-state index is 12.8. The Kier molecular flexibility index (Phi) is 8.86. The third-order valence-corrected chi connectivity index (χ3v) is 5.70. The van der Waals surface area contributed by atoms with Crippen molar-refractivity contribution in [2.45, 2.75) is 26.7 Å². The van der Waals surface area contributed by atoms with E-state index in [1.165, 1.54) is 0 Å². The fourth-order valence-electron chi connectivity index (χ4n) is 3.74. The molecule has 0 unspecified atom stereocenters. The van der Waals surface area contributed by atoms with Crippen LogP contribution in [0.4, 0.5) is 10.6 Å². The highest BCUT2D eigenvalue weighted by atomic mass is 16.5. The first-order valence-electron chi connectivity index (χ1n) is 11.6. The van der Waals surface area contributed by atoms with Crippen LogP contribution in [-0.2, 0) is 4.79 Å². The molecule has 1 N–H and O–H groups in total. The number of benzene rings is 1. The van der Waals surface area contributed by atoms with Crippen molar-refractivity contribution in [3.8, 4) is 17.0 Å². The molecular formula is C24H34N6O3. The zero-order valence-electron chi connectivity index (χ0n) is 19.8. The van der Waals surface area contributed by atoms with Crippen molar-refractivity contribution in [1.82, 2.24) is 25.3 Å². The van der Waals surface area contributed by atoms with Gasteiger partial charge in [0.05, 0.1) is 12.8 Å². The summed E-state index contributed by atoms with van der Waals surface area (Å²) in [5.74, 6) is 1.55. The van der Waals surface area contributed by atoms with Crippen molar-refractivity contribution in [3.63, 3.8) is 0 Å². The van der Waals surface area contributed by atoms with Gasteiger partial charge in [-0.2, -0.15) is 0 Å². The number of urea groups is 1. The maximum atomic E-state index is 12.8. The van der Waals surface area contributed by atoms with Crippen LogP contribution in [-0.4, -0.2) is 84.9 Å². The van der Waals surface area contributed by atoms with Crippen molar-refractivity contribution in [1.29, 1.82) is 0 Å². The number of nitrogens with zero attached hydrogens (tertiary/aromatic N) is 5. The first-order valence-corrected chi connectivity index (χ1v) is 11.6. The Balaban J connectivity index is 1.55. The quantitative estimate of drug-likeness (QED) is 0.626. The average Bonchev–Trinajstić information content (AvgIpc) is 2.86. The second-order valence-electron chi connectivity index (χ2n) is 7.99. The van der Waals surface area contributed by atoms with Crippen molar-refractivity contribution >= 4 is 17.8 Å². The lowest BCUT2D eigenvalue weighted by atomic mass is 10.1. The summed E-state index contributed by atoms with van der Waals surface area (Å²) < 4.78 is 5.28. The summed E-state index contributed by atoms with van der Waals surface area (Å²) in [7, 11) is 1.64. The van der Waals surface area contributed by atoms with Gasteiger partial charge < -0.3 is 24.8 Å². The number of unbranched alkanes of at least 4 members (excludes halogenated alkanes) is 1. The van der Waals surface area contributed by atoms with E-state index in [2.05, 4.69) is 27.3 Å². The lowest BCUT2D eigenvalue weighted by Crippen LogP contribution is -2.53. The van der Waals surface area contributed by atoms with Crippen LogP contribution in [0.15, 0.2) is 36.4 Å². The molecule has 0 bridgehead atoms. The minimum Gasteiger partial charge on any atom is -0.497 e. The number of amides is 3. The van der Waals surface area contributed by atoms with E-state index in [1.54, 1.807) is 12.0 Å². The second-order valence-corrected chi connectivity index (χ2v) is 7.99. The SMILES string of the molecule is CCCCN(CC(=O)N1CCN(c2ccc(-c3cccc(OC)c3)nn2)CC1)C(=O)NCC. The lowest BCUT2D eigenvalue weighted by Gasteiger charge is -2.36. The summed E-state index contributed by atoms with van der Waals surface area (Å²) in [6, 6.07) is 11.5. The Hall–Kier alpha value is -3.36. The molecule has 3 amide bonds. The van der Waals surface area contributed by atoms with E-state index in [-0.39, 0.29) is 18.5 Å². The second kappa shape index (κ2) is 12.0. The number of hydrogen-bond acceptors (Lipinski definition) is 6. The maximum Gasteiger partial charge on any atom is 0.317 e. The number of anilines is 1. The van der Waals surface area contributed by atoms with Gasteiger partial charge in [0.15, 0.2) is 5.82 Å². The molecule has 0 aliphatic carbocycles. The lowest BCUT2D eigenvalue weighted by molar-refractivity contribution is -0.132. The molecule has 1 aromatic heterocycles. The number of ether oxygens (including phenoxy) is 1. The molecule has 0 spiro atoms. The molecule has 1 fully saturated rings. The van der Waals surface area contributed by atoms with Crippen molar-refractivity contribution in [3.05, 3.63) is 36.4 Å². The van der Waals surface area contributed by atoms with Gasteiger partial charge in [0.2, 0.25) is 5.91 Å². The smallest absolute Gasteiger partial charge is 0.317 e. The van der Waals surface area contributed by atoms with Gasteiger partial charge >= 0.3 is 6.03 Å². The van der Waals surface area contributed by atoms with Crippen LogP contribution in [0.25, 0.3) is 11.3 Å². The molecule has 1 saturated heterocycles. The average molecular weight is 455 g/mol. The van der Waals surface area contributed by atoms with Crippen LogP contribution in [0, 0.1) is 0 Å². The molecule has 1 aliphatic rings. The normalized spacial score (nSPS) is 13.5. The van der Waals surface area contributed by atoms with Crippen LogP contribution >= 0.6 is 0 Å². The molecule has 33 heavy (non-hydrogen) atoms. The van der Waals surface area contributed by atoms with E-state index in [0.29, 0.717) is 39.3 Å². The van der Waals surface area contributed by atoms with Crippen molar-refractivity contribution in [2.24, 2.45) is 0 Å². The van der Waals surface area contributed by atoms with E-state index in [9.17, 15) is 9.59 Å². The highest BCUT2D eigenvalue weighted by Gasteiger charge is 2.25. The molecule has 0 atom stereocenters. The summed E-state index contributed by atoms with van der Waals surface area (Å²) in [6.45, 7) is 7.73. The van der Waals surface area contributed by atoms with Crippen LogP contribution in [0.3, 0.4) is 0 Å². The standard InChI is InChI=1S/C24H34N6O3/c1-4-6-12-30(24(32)25-5-2)18-23(31)29-15-13-28(14-16-29)22-11-10-21(26-27-22)19-8-7-9-20(17-19)33-3/h7-11,17H,4-6,12-16,18H2,1-3H3,(H,25,32). The molecule has 1 aliphatic heterocycles. The third-order valence-electron chi connectivity index (χ3n) is 5.70. The topological polar surface area (TPSA) is 90.9 Å². The number of methoxy groups -OCH3 is 1. The largest absolute Gasteiger partial charge is 0.497 e. The molecule has 2 heterocycles. The molecule has 9 heteroatoms. The van der Waals surface area contributed by atoms with Gasteiger partial charge in [-0.1, -0.05) is 25.5 Å². The Labute approximate surface area is 195 Å². The van der Waals surface area contributed by atoms with Gasteiger partial charge in [0.1, 0.15) is 12.3 Å². The van der Waals surface area contributed by atoms with Gasteiger partial charge in [0.25, 0.3) is 0 Å². The molecule has 0 saturated carbocycles. The monoisotopic (exact) mass is 454 g/mol.